The van der Waals surface area contributed by atoms with Crippen molar-refractivity contribution in [3.05, 3.63) is 58.9 Å². The zero-order valence-electron chi connectivity index (χ0n) is 15.3. The highest BCUT2D eigenvalue weighted by Gasteiger charge is 2.51. The van der Waals surface area contributed by atoms with Gasteiger partial charge in [-0.15, -0.1) is 12.4 Å². The molecular formula is C21H24ClFN2O2. The van der Waals surface area contributed by atoms with Crippen LogP contribution in [0.5, 0.6) is 5.75 Å². The number of nitrogen functional groups attached to an aromatic ring is 1. The van der Waals surface area contributed by atoms with Crippen LogP contribution in [-0.4, -0.2) is 17.9 Å². The normalized spacial score (nSPS) is 17.6. The molecule has 1 fully saturated rings. The van der Waals surface area contributed by atoms with Crippen LogP contribution < -0.4 is 10.5 Å². The Labute approximate surface area is 164 Å². The molecule has 1 aliphatic heterocycles. The van der Waals surface area contributed by atoms with Gasteiger partial charge in [0.15, 0.2) is 0 Å². The largest absolute Gasteiger partial charge is 0.497 e. The lowest BCUT2D eigenvalue weighted by Gasteiger charge is -2.42. The maximum Gasteiger partial charge on any atom is 0.258 e. The van der Waals surface area contributed by atoms with E-state index >= 15 is 0 Å². The number of rotatable bonds is 3. The first-order valence-corrected chi connectivity index (χ1v) is 9.09. The smallest absolute Gasteiger partial charge is 0.258 e. The summed E-state index contributed by atoms with van der Waals surface area (Å²) in [5, 5.41) is 0. The maximum absolute atomic E-state index is 14.6. The molecule has 0 aromatic heterocycles. The second-order valence-electron chi connectivity index (χ2n) is 7.26. The minimum atomic E-state index is -0.507. The van der Waals surface area contributed by atoms with Crippen molar-refractivity contribution < 1.29 is 13.9 Å². The Morgan fingerprint density at radius 3 is 2.44 bits per heavy atom. The molecule has 4 rings (SSSR count). The average Bonchev–Trinajstić information content (AvgIpc) is 2.86. The number of carbonyl (C=O) groups is 1. The van der Waals surface area contributed by atoms with Crippen LogP contribution in [0.25, 0.3) is 0 Å². The van der Waals surface area contributed by atoms with Gasteiger partial charge in [-0.3, -0.25) is 4.79 Å². The van der Waals surface area contributed by atoms with Crippen molar-refractivity contribution in [2.45, 2.75) is 44.2 Å². The van der Waals surface area contributed by atoms with Gasteiger partial charge in [-0.1, -0.05) is 31.4 Å². The Bertz CT molecular complexity index is 848. The first-order chi connectivity index (χ1) is 12.5. The predicted molar refractivity (Wildman–Crippen MR) is 106 cm³/mol. The molecule has 0 atom stereocenters. The summed E-state index contributed by atoms with van der Waals surface area (Å²) >= 11 is 0. The Balaban J connectivity index is 0.00000210. The number of methoxy groups -OCH3 is 1. The van der Waals surface area contributed by atoms with E-state index in [4.69, 9.17) is 10.5 Å². The van der Waals surface area contributed by atoms with Crippen LogP contribution in [-0.2, 0) is 12.1 Å². The lowest BCUT2D eigenvalue weighted by atomic mass is 9.76. The second-order valence-corrected chi connectivity index (χ2v) is 7.26. The first kappa shape index (κ1) is 19.5. The number of amides is 1. The molecule has 0 radical (unpaired) electrons. The zero-order valence-corrected chi connectivity index (χ0v) is 16.2. The molecule has 1 spiro atoms. The minimum Gasteiger partial charge on any atom is -0.497 e. The maximum atomic E-state index is 14.6. The van der Waals surface area contributed by atoms with E-state index in [-0.39, 0.29) is 23.9 Å². The summed E-state index contributed by atoms with van der Waals surface area (Å²) in [7, 11) is 1.62. The van der Waals surface area contributed by atoms with Gasteiger partial charge in [0.1, 0.15) is 11.6 Å². The SMILES string of the molecule is COc1ccc(CN2C(=O)c3c(F)cc(N)cc3C23CCCCC3)cc1.Cl. The fraction of sp³-hybridized carbons (Fsp3) is 0.381. The first-order valence-electron chi connectivity index (χ1n) is 9.09. The molecule has 2 aromatic carbocycles. The quantitative estimate of drug-likeness (QED) is 0.776. The lowest BCUT2D eigenvalue weighted by molar-refractivity contribution is 0.0386. The molecule has 2 aliphatic rings. The van der Waals surface area contributed by atoms with Gasteiger partial charge in [0.2, 0.25) is 0 Å². The Morgan fingerprint density at radius 2 is 1.81 bits per heavy atom. The third kappa shape index (κ3) is 3.14. The van der Waals surface area contributed by atoms with Crippen molar-refractivity contribution in [2.24, 2.45) is 0 Å². The summed E-state index contributed by atoms with van der Waals surface area (Å²) in [5.74, 6) is 0.0402. The fourth-order valence-corrected chi connectivity index (χ4v) is 4.50. The average molecular weight is 391 g/mol. The highest BCUT2D eigenvalue weighted by Crippen LogP contribution is 2.50. The second kappa shape index (κ2) is 7.39. The summed E-state index contributed by atoms with van der Waals surface area (Å²) in [6.07, 6.45) is 4.91. The molecule has 1 amide bonds. The Hall–Kier alpha value is -2.27. The van der Waals surface area contributed by atoms with E-state index in [0.29, 0.717) is 12.2 Å². The fourth-order valence-electron chi connectivity index (χ4n) is 4.50. The number of halogens is 2. The summed E-state index contributed by atoms with van der Waals surface area (Å²) < 4.78 is 19.8. The van der Waals surface area contributed by atoms with Crippen LogP contribution >= 0.6 is 12.4 Å². The third-order valence-corrected chi connectivity index (χ3v) is 5.77. The molecular weight excluding hydrogens is 367 g/mol. The molecule has 0 saturated heterocycles. The molecule has 27 heavy (non-hydrogen) atoms. The molecule has 1 heterocycles. The van der Waals surface area contributed by atoms with E-state index in [0.717, 1.165) is 49.0 Å². The monoisotopic (exact) mass is 390 g/mol. The number of benzene rings is 2. The van der Waals surface area contributed by atoms with Crippen molar-refractivity contribution in [2.75, 3.05) is 12.8 Å². The van der Waals surface area contributed by atoms with Crippen LogP contribution in [0.3, 0.4) is 0 Å². The van der Waals surface area contributed by atoms with Crippen LogP contribution in [0, 0.1) is 5.82 Å². The van der Waals surface area contributed by atoms with E-state index in [1.165, 1.54) is 6.07 Å². The van der Waals surface area contributed by atoms with Crippen molar-refractivity contribution >= 4 is 24.0 Å². The van der Waals surface area contributed by atoms with Gasteiger partial charge >= 0.3 is 0 Å². The lowest BCUT2D eigenvalue weighted by Crippen LogP contribution is -2.44. The van der Waals surface area contributed by atoms with Crippen LogP contribution in [0.2, 0.25) is 0 Å². The number of carbonyl (C=O) groups excluding carboxylic acids is 1. The number of nitrogens with zero attached hydrogens (tertiary/aromatic N) is 1. The molecule has 144 valence electrons. The van der Waals surface area contributed by atoms with Gasteiger partial charge in [0.05, 0.1) is 18.2 Å². The summed E-state index contributed by atoms with van der Waals surface area (Å²) in [4.78, 5) is 15.0. The van der Waals surface area contributed by atoms with Gasteiger partial charge in [0.25, 0.3) is 5.91 Å². The van der Waals surface area contributed by atoms with Crippen LogP contribution in [0.4, 0.5) is 10.1 Å². The number of hydrogen-bond acceptors (Lipinski definition) is 3. The predicted octanol–water partition coefficient (Wildman–Crippen LogP) is 4.65. The van der Waals surface area contributed by atoms with Crippen molar-refractivity contribution in [3.63, 3.8) is 0 Å². The number of anilines is 1. The highest BCUT2D eigenvalue weighted by molar-refractivity contribution is 6.00. The van der Waals surface area contributed by atoms with E-state index < -0.39 is 11.4 Å². The number of fused-ring (bicyclic) bond motifs is 2. The van der Waals surface area contributed by atoms with Crippen molar-refractivity contribution in [1.82, 2.24) is 4.90 Å². The molecule has 0 bridgehead atoms. The summed E-state index contributed by atoms with van der Waals surface area (Å²) in [6.45, 7) is 0.455. The topological polar surface area (TPSA) is 55.6 Å². The summed E-state index contributed by atoms with van der Waals surface area (Å²) in [5.41, 5.74) is 7.83. The minimum absolute atomic E-state index is 0. The molecule has 2 N–H and O–H groups in total. The molecule has 1 aliphatic carbocycles. The zero-order chi connectivity index (χ0) is 18.3. The Morgan fingerprint density at radius 1 is 1.15 bits per heavy atom. The van der Waals surface area contributed by atoms with Gasteiger partial charge in [-0.05, 0) is 48.2 Å². The van der Waals surface area contributed by atoms with E-state index in [1.54, 1.807) is 13.2 Å². The highest BCUT2D eigenvalue weighted by atomic mass is 35.5. The number of hydrogen-bond donors (Lipinski definition) is 1. The van der Waals surface area contributed by atoms with E-state index in [1.807, 2.05) is 29.2 Å². The third-order valence-electron chi connectivity index (χ3n) is 5.77. The molecule has 2 aromatic rings. The summed E-state index contributed by atoms with van der Waals surface area (Å²) in [6, 6.07) is 10.7. The molecule has 6 heteroatoms. The van der Waals surface area contributed by atoms with Crippen LogP contribution in [0.15, 0.2) is 36.4 Å². The molecule has 1 saturated carbocycles. The molecule has 0 unspecified atom stereocenters. The van der Waals surface area contributed by atoms with Gasteiger partial charge < -0.3 is 15.4 Å². The van der Waals surface area contributed by atoms with Gasteiger partial charge in [-0.2, -0.15) is 0 Å². The van der Waals surface area contributed by atoms with E-state index in [2.05, 4.69) is 0 Å². The van der Waals surface area contributed by atoms with Crippen LogP contribution in [0.1, 0.15) is 53.6 Å². The van der Waals surface area contributed by atoms with Gasteiger partial charge in [-0.25, -0.2) is 4.39 Å². The number of ether oxygens (including phenoxy) is 1. The van der Waals surface area contributed by atoms with Gasteiger partial charge in [0, 0.05) is 12.2 Å². The van der Waals surface area contributed by atoms with E-state index in [9.17, 15) is 9.18 Å². The van der Waals surface area contributed by atoms with Crippen molar-refractivity contribution in [1.29, 1.82) is 0 Å². The standard InChI is InChI=1S/C21H23FN2O2.ClH/c1-26-16-7-5-14(6-8-16)13-24-20(25)19-17(11-15(23)12-18(19)22)21(24)9-3-2-4-10-21;/h5-8,11-12H,2-4,9-10,13,23H2,1H3;1H. The molecule has 4 nitrogen and oxygen atoms in total. The number of nitrogens with two attached hydrogens (primary N) is 1. The van der Waals surface area contributed by atoms with Crippen molar-refractivity contribution in [3.8, 4) is 5.75 Å². The Kier molecular flexibility index (Phi) is 5.33.